The van der Waals surface area contributed by atoms with Gasteiger partial charge in [0.15, 0.2) is 5.82 Å². The normalized spacial score (nSPS) is 23.0. The molecule has 2 aromatic carbocycles. The van der Waals surface area contributed by atoms with Gasteiger partial charge in [-0.25, -0.2) is 8.78 Å². The molecule has 12 nitrogen and oxygen atoms in total. The third-order valence-corrected chi connectivity index (χ3v) is 11.6. The lowest BCUT2D eigenvalue weighted by atomic mass is 9.95. The van der Waals surface area contributed by atoms with Crippen LogP contribution in [-0.2, 0) is 17.8 Å². The van der Waals surface area contributed by atoms with Crippen LogP contribution in [0.25, 0.3) is 16.8 Å². The van der Waals surface area contributed by atoms with Gasteiger partial charge in [-0.15, -0.1) is 0 Å². The van der Waals surface area contributed by atoms with Crippen molar-refractivity contribution in [3.8, 4) is 12.1 Å². The standard InChI is InChI=1S/C39H42ClF2N9O3/c1-24(2)36-45-32(54-47-36)9-10-33(52)51-18-17-49(21-27(51)11-14-43)37-28-12-16-48(31-6-3-5-25-7-8-29(42)35(40)34(25)31)22-30(28)44-38(46-37)53-23-39-13-4-15-50(39)20-26(41)19-39/h3,5-10,24,26-27H,4,11-13,15-23H2,1-2H3/b10-9+/t26-,27+,39-/m1/s1. The first-order valence-corrected chi connectivity index (χ1v) is 19.0. The molecule has 4 aliphatic rings. The summed E-state index contributed by atoms with van der Waals surface area (Å²) in [6, 6.07) is 10.9. The SMILES string of the molecule is CC(C)c1noc(/C=C/C(=O)N2CCN(c3nc(OC[C@]45CCCN4C[C@H](F)C5)nc4c3CCN(c3cccc5ccc(F)c(Cl)c35)C4)C[C@@H]2CC#N)n1. The van der Waals surface area contributed by atoms with Gasteiger partial charge in [0.25, 0.3) is 5.89 Å². The number of amides is 1. The molecule has 0 saturated carbocycles. The second kappa shape index (κ2) is 14.8. The number of aromatic nitrogens is 4. The fraction of sp³-hybridized carbons (Fsp3) is 0.487. The first kappa shape index (κ1) is 36.1. The average molecular weight is 758 g/mol. The zero-order chi connectivity index (χ0) is 37.6. The van der Waals surface area contributed by atoms with E-state index in [1.165, 1.54) is 18.2 Å². The third kappa shape index (κ3) is 6.84. The molecule has 4 aliphatic heterocycles. The van der Waals surface area contributed by atoms with Gasteiger partial charge in [-0.2, -0.15) is 20.2 Å². The van der Waals surface area contributed by atoms with Gasteiger partial charge in [-0.05, 0) is 43.3 Å². The molecule has 3 fully saturated rings. The number of alkyl halides is 1. The average Bonchev–Trinajstić information content (AvgIpc) is 3.88. The molecule has 0 aliphatic carbocycles. The lowest BCUT2D eigenvalue weighted by Gasteiger charge is -2.42. The number of fused-ring (bicyclic) bond motifs is 3. The van der Waals surface area contributed by atoms with E-state index in [1.54, 1.807) is 11.0 Å². The van der Waals surface area contributed by atoms with Crippen LogP contribution in [0.4, 0.5) is 20.3 Å². The number of rotatable bonds is 9. The predicted octanol–water partition coefficient (Wildman–Crippen LogP) is 6.09. The Hall–Kier alpha value is -4.87. The summed E-state index contributed by atoms with van der Waals surface area (Å²) in [5, 5.41) is 15.3. The zero-order valence-corrected chi connectivity index (χ0v) is 31.1. The minimum Gasteiger partial charge on any atom is -0.461 e. The highest BCUT2D eigenvalue weighted by atomic mass is 35.5. The van der Waals surface area contributed by atoms with E-state index in [2.05, 4.69) is 30.9 Å². The van der Waals surface area contributed by atoms with Gasteiger partial charge in [0.05, 0.1) is 41.3 Å². The Bertz CT molecular complexity index is 2140. The number of halogens is 3. The molecule has 0 spiro atoms. The molecular weight excluding hydrogens is 716 g/mol. The highest BCUT2D eigenvalue weighted by Crippen LogP contribution is 2.41. The summed E-state index contributed by atoms with van der Waals surface area (Å²) in [4.78, 5) is 35.9. The van der Waals surface area contributed by atoms with Crippen LogP contribution in [0.3, 0.4) is 0 Å². The molecule has 0 radical (unpaired) electrons. The quantitative estimate of drug-likeness (QED) is 0.184. The maximum atomic E-state index is 14.7. The van der Waals surface area contributed by atoms with Crippen LogP contribution in [0.1, 0.15) is 68.4 Å². The minimum atomic E-state index is -0.893. The Balaban J connectivity index is 1.09. The number of hydrogen-bond donors (Lipinski definition) is 0. The van der Waals surface area contributed by atoms with Crippen LogP contribution < -0.4 is 14.5 Å². The Morgan fingerprint density at radius 3 is 2.83 bits per heavy atom. The highest BCUT2D eigenvalue weighted by Gasteiger charge is 2.49. The monoisotopic (exact) mass is 757 g/mol. The molecule has 2 aromatic heterocycles. The summed E-state index contributed by atoms with van der Waals surface area (Å²) in [6.07, 6.45) is 4.99. The highest BCUT2D eigenvalue weighted by molar-refractivity contribution is 6.36. The van der Waals surface area contributed by atoms with Crippen LogP contribution in [0.2, 0.25) is 5.02 Å². The molecule has 3 atom stereocenters. The Morgan fingerprint density at radius 2 is 2.02 bits per heavy atom. The summed E-state index contributed by atoms with van der Waals surface area (Å²) in [6.45, 7) is 7.63. The molecule has 15 heteroatoms. The van der Waals surface area contributed by atoms with Crippen LogP contribution >= 0.6 is 11.6 Å². The molecule has 8 rings (SSSR count). The van der Waals surface area contributed by atoms with Gasteiger partial charge in [0.2, 0.25) is 5.91 Å². The maximum Gasteiger partial charge on any atom is 0.318 e. The molecule has 1 amide bonds. The third-order valence-electron chi connectivity index (χ3n) is 11.2. The van der Waals surface area contributed by atoms with E-state index in [9.17, 15) is 18.8 Å². The van der Waals surface area contributed by atoms with Crippen molar-refractivity contribution >= 4 is 45.9 Å². The molecular formula is C39H42ClF2N9O3. The number of piperazine rings is 1. The van der Waals surface area contributed by atoms with Gasteiger partial charge in [-0.3, -0.25) is 9.69 Å². The number of carbonyl (C=O) groups is 1. The number of nitriles is 1. The lowest BCUT2D eigenvalue weighted by molar-refractivity contribution is -0.128. The molecule has 4 aromatic rings. The predicted molar refractivity (Wildman–Crippen MR) is 200 cm³/mol. The zero-order valence-electron chi connectivity index (χ0n) is 30.3. The Morgan fingerprint density at radius 1 is 1.15 bits per heavy atom. The summed E-state index contributed by atoms with van der Waals surface area (Å²) in [5.74, 6) is 0.855. The number of carbonyl (C=O) groups excluding carboxylic acids is 1. The van der Waals surface area contributed by atoms with Gasteiger partial charge >= 0.3 is 6.01 Å². The lowest BCUT2D eigenvalue weighted by Crippen LogP contribution is -2.55. The molecule has 0 N–H and O–H groups in total. The maximum absolute atomic E-state index is 14.7. The van der Waals surface area contributed by atoms with Crippen LogP contribution in [0.5, 0.6) is 6.01 Å². The largest absolute Gasteiger partial charge is 0.461 e. The molecule has 0 unspecified atom stereocenters. The number of benzene rings is 2. The van der Waals surface area contributed by atoms with Crippen molar-refractivity contribution in [2.24, 2.45) is 0 Å². The molecule has 282 valence electrons. The van der Waals surface area contributed by atoms with Crippen molar-refractivity contribution in [3.63, 3.8) is 0 Å². The van der Waals surface area contributed by atoms with E-state index in [-0.39, 0.29) is 47.3 Å². The first-order valence-electron chi connectivity index (χ1n) is 18.6. The molecule has 3 saturated heterocycles. The Labute approximate surface area is 317 Å². The van der Waals surface area contributed by atoms with E-state index in [4.69, 9.17) is 30.8 Å². The number of nitrogens with zero attached hydrogens (tertiary/aromatic N) is 9. The Kier molecular flexibility index (Phi) is 9.87. The summed E-state index contributed by atoms with van der Waals surface area (Å²) >= 11 is 6.55. The van der Waals surface area contributed by atoms with Crippen LogP contribution in [0.15, 0.2) is 40.9 Å². The van der Waals surface area contributed by atoms with Crippen molar-refractivity contribution in [3.05, 3.63) is 70.2 Å². The number of ether oxygens (including phenoxy) is 1. The summed E-state index contributed by atoms with van der Waals surface area (Å²) in [7, 11) is 0. The molecule has 54 heavy (non-hydrogen) atoms. The smallest absolute Gasteiger partial charge is 0.318 e. The fourth-order valence-corrected chi connectivity index (χ4v) is 8.80. The van der Waals surface area contributed by atoms with Gasteiger partial charge < -0.3 is 24.0 Å². The summed E-state index contributed by atoms with van der Waals surface area (Å²) in [5.41, 5.74) is 2.14. The van der Waals surface area contributed by atoms with E-state index in [0.717, 1.165) is 41.7 Å². The fourth-order valence-electron chi connectivity index (χ4n) is 8.53. The van der Waals surface area contributed by atoms with Gasteiger partial charge in [-0.1, -0.05) is 48.8 Å². The van der Waals surface area contributed by atoms with E-state index < -0.39 is 18.0 Å². The van der Waals surface area contributed by atoms with Gasteiger partial charge in [0.1, 0.15) is 24.4 Å². The van der Waals surface area contributed by atoms with Crippen molar-refractivity contribution in [2.75, 3.05) is 55.7 Å². The summed E-state index contributed by atoms with van der Waals surface area (Å²) < 4.78 is 41.0. The first-order chi connectivity index (χ1) is 26.1. The van der Waals surface area contributed by atoms with E-state index in [0.29, 0.717) is 69.1 Å². The van der Waals surface area contributed by atoms with Crippen molar-refractivity contribution in [1.29, 1.82) is 5.26 Å². The van der Waals surface area contributed by atoms with Gasteiger partial charge in [0, 0.05) is 73.9 Å². The van der Waals surface area contributed by atoms with Crippen molar-refractivity contribution < 1.29 is 22.8 Å². The number of anilines is 2. The topological polar surface area (TPSA) is 128 Å². The second-order valence-corrected chi connectivity index (χ2v) is 15.4. The minimum absolute atomic E-state index is 0.0765. The van der Waals surface area contributed by atoms with E-state index >= 15 is 0 Å². The van der Waals surface area contributed by atoms with Crippen molar-refractivity contribution in [1.82, 2.24) is 29.9 Å². The van der Waals surface area contributed by atoms with Crippen LogP contribution in [-0.4, -0.2) is 99.4 Å². The van der Waals surface area contributed by atoms with E-state index in [1.807, 2.05) is 32.0 Å². The second-order valence-electron chi connectivity index (χ2n) is 15.0. The number of hydrogen-bond acceptors (Lipinski definition) is 11. The van der Waals surface area contributed by atoms with Crippen LogP contribution in [0, 0.1) is 17.1 Å². The van der Waals surface area contributed by atoms with Crippen molar-refractivity contribution in [2.45, 2.75) is 76.2 Å². The molecule has 6 heterocycles. The molecule has 0 bridgehead atoms.